The predicted octanol–water partition coefficient (Wildman–Crippen LogP) is 2.73. The van der Waals surface area contributed by atoms with Crippen molar-refractivity contribution in [3.8, 4) is 34.5 Å². The van der Waals surface area contributed by atoms with Gasteiger partial charge in [0.2, 0.25) is 11.6 Å². The Kier molecular flexibility index (Phi) is 25.7. The first-order chi connectivity index (χ1) is 58.9. The Morgan fingerprint density at radius 1 is 0.589 bits per heavy atom. The molecule has 21 atom stereocenters. The zero-order valence-corrected chi connectivity index (χ0v) is 68.8. The van der Waals surface area contributed by atoms with Crippen molar-refractivity contribution < 1.29 is 145 Å². The van der Waals surface area contributed by atoms with Gasteiger partial charge in [0.25, 0.3) is 0 Å². The molecule has 9 heterocycles. The van der Waals surface area contributed by atoms with Gasteiger partial charge >= 0.3 is 12.2 Å². The van der Waals surface area contributed by atoms with E-state index in [2.05, 4.69) is 35.2 Å². The summed E-state index contributed by atoms with van der Waals surface area (Å²) in [7, 11) is 7.30. The van der Waals surface area contributed by atoms with Crippen molar-refractivity contribution in [1.29, 1.82) is 0 Å². The van der Waals surface area contributed by atoms with Crippen molar-refractivity contribution in [3.63, 3.8) is 0 Å². The monoisotopic (exact) mass is 1730 g/mol. The van der Waals surface area contributed by atoms with Crippen LogP contribution < -0.4 is 32.0 Å². The lowest BCUT2D eigenvalue weighted by Crippen LogP contribution is -2.56. The molecule has 666 valence electrons. The summed E-state index contributed by atoms with van der Waals surface area (Å²) >= 11 is 0. The number of Topliss-reactive ketones (excluding diaryl/α,β-unsaturated/α-hetero) is 2. The number of fused-ring (bicyclic) bond motifs is 8. The molecule has 4 aromatic carbocycles. The van der Waals surface area contributed by atoms with Crippen LogP contribution in [0.1, 0.15) is 190 Å². The lowest BCUT2D eigenvalue weighted by atomic mass is 9.72. The number of hydrogen-bond acceptors (Lipinski definition) is 38. The highest BCUT2D eigenvalue weighted by Gasteiger charge is 2.54. The topological polar surface area (TPSA) is 593 Å². The lowest BCUT2D eigenvalue weighted by Gasteiger charge is -2.44. The maximum atomic E-state index is 13.8. The van der Waals surface area contributed by atoms with Crippen LogP contribution in [0.5, 0.6) is 34.5 Å². The predicted molar refractivity (Wildman–Crippen MR) is 421 cm³/mol. The standard InChI is InChI=1S/C33H39NO11.C28H31NO9.C11H14FN5O4.C10H12FN5O4/c1-15-32(45-22-10-5-6-11-42-22)19(34-3)12-23(43-15)44-21-14-33(40,16(2)35)13-18-25(21)31(39)27-26(29(18)37)28(36)17-8-7-9-20(41-4)24(17)30(27)38;1-11-12(2)37-19(8-16(11)29)38-18-10-28(35,13(3)30)9-15-21(18)27(34)23-22(25(15)32)24(31)14-6-5-7-17(36-4)20(14)26(23)33;1-20-2-4-6(18)7(19)10(21-4)17-3-14-5-8(13)15-11(12)16-9(5)17;1-19-9-5(18)4(17)8(20-9)16-2-13-3-6(12)14-10(11)15-7(3)16/h7-9,15,19,21-23,32,34,37,39-40H,5-6,10-14H2,1-4H3;5-7,11-12,16,18-19,32,34-35H,8-10,29H2,1-4H3;3-4,6-7,10,18-19H,2H2,1H3,(H2,13,15,16);2,4-5,8-9,17-18H,1H3,(H2,12,14,15)/t15-,19-,21-,22+,23-,32+,33-;11-,12+,16+,18+,19+,28+;4-,6-,7+,10-;4-,5-,8+,9-/m0110/s1. The first-order valence-corrected chi connectivity index (χ1v) is 39.8. The third kappa shape index (κ3) is 16.1. The number of aromatic hydroxyl groups is 4. The fourth-order valence-electron chi connectivity index (χ4n) is 17.4. The van der Waals surface area contributed by atoms with Gasteiger partial charge in [-0.25, -0.2) is 9.97 Å². The third-order valence-electron chi connectivity index (χ3n) is 24.3. The molecule has 0 spiro atoms. The van der Waals surface area contributed by atoms with Crippen LogP contribution in [0.15, 0.2) is 49.1 Å². The van der Waals surface area contributed by atoms with Gasteiger partial charge in [0, 0.05) is 105 Å². The number of hydrogen-bond donors (Lipinski definition) is 14. The van der Waals surface area contributed by atoms with Gasteiger partial charge in [-0.05, 0) is 72.1 Å². The smallest absolute Gasteiger partial charge is 0.312 e. The summed E-state index contributed by atoms with van der Waals surface area (Å²) in [6.07, 6.45) is -11.4. The van der Waals surface area contributed by atoms with Gasteiger partial charge < -0.3 is 130 Å². The number of rotatable bonds is 16. The summed E-state index contributed by atoms with van der Waals surface area (Å²) in [6.45, 7) is 8.84. The second kappa shape index (κ2) is 35.5. The summed E-state index contributed by atoms with van der Waals surface area (Å²) in [5.74, 6) is -6.13. The van der Waals surface area contributed by atoms with E-state index < -0.39 is 179 Å². The number of imidazole rings is 2. The summed E-state index contributed by atoms with van der Waals surface area (Å²) in [4.78, 5) is 102. The number of likely N-dealkylation sites (N-methyl/N-ethyl adjacent to an activating group) is 1. The van der Waals surface area contributed by atoms with Crippen LogP contribution in [-0.4, -0.2) is 271 Å². The van der Waals surface area contributed by atoms with Crippen molar-refractivity contribution in [2.75, 3.05) is 60.2 Å². The molecular formula is C82H96F2N12O28. The molecule has 5 aliphatic heterocycles. The summed E-state index contributed by atoms with van der Waals surface area (Å²) in [5, 5.41) is 112. The third-order valence-corrected chi connectivity index (χ3v) is 24.3. The molecular weight excluding hydrogens is 1640 g/mol. The molecule has 5 fully saturated rings. The average molecular weight is 1740 g/mol. The number of phenolic OH excluding ortho intramolecular Hbond substituents is 4. The van der Waals surface area contributed by atoms with Crippen LogP contribution in [0.3, 0.4) is 0 Å². The molecule has 0 saturated carbocycles. The summed E-state index contributed by atoms with van der Waals surface area (Å²) in [6, 6.07) is 8.54. The number of halogens is 2. The van der Waals surface area contributed by atoms with Crippen molar-refractivity contribution in [2.24, 2.45) is 11.7 Å². The van der Waals surface area contributed by atoms with Gasteiger partial charge in [-0.3, -0.25) is 37.9 Å². The molecule has 124 heavy (non-hydrogen) atoms. The van der Waals surface area contributed by atoms with Crippen molar-refractivity contribution >= 4 is 68.7 Å². The van der Waals surface area contributed by atoms with Crippen LogP contribution in [0.25, 0.3) is 22.3 Å². The lowest BCUT2D eigenvalue weighted by molar-refractivity contribution is -0.283. The van der Waals surface area contributed by atoms with E-state index in [9.17, 15) is 88.6 Å². The second-order valence-corrected chi connectivity index (χ2v) is 31.8. The Labute approximate surface area is 704 Å². The van der Waals surface area contributed by atoms with Gasteiger partial charge in [0.1, 0.15) is 82.3 Å². The minimum atomic E-state index is -1.98. The molecule has 0 radical (unpaired) electrons. The van der Waals surface area contributed by atoms with Crippen molar-refractivity contribution in [1.82, 2.24) is 44.4 Å². The highest BCUT2D eigenvalue weighted by atomic mass is 19.1. The Bertz CT molecular complexity index is 5490. The fraction of sp³-hybridized carbons (Fsp3) is 0.512. The number of benzene rings is 4. The number of phenols is 4. The van der Waals surface area contributed by atoms with E-state index in [1.807, 2.05) is 20.8 Å². The van der Waals surface area contributed by atoms with Gasteiger partial charge in [-0.2, -0.15) is 28.7 Å². The zero-order valence-electron chi connectivity index (χ0n) is 68.8. The Hall–Kier alpha value is -10.5. The SMILES string of the molecule is CN[C@H]1C[C@H](O[C@H]2C[C@](O)(C(C)=O)Cc3c(O)c4c(c(O)c32)C(=O)c2c(OC)cccc2C4=O)O[C@@H](C)[C@H]1O[C@@H]1CCCCO1.COC[C@H]1O[C@@H](n2cnc3c(N)nc(F)nc32)[C@@H](O)[C@@H]1O.CO[C@H]1O[C@@H](n2cnc3c(N)nc(F)nc32)[C@@H](O)[C@@H]1O.COc1cccc2c1C(=O)c1c(O)c3c(c(O)c1C2=O)C[C@@](O)(C(C)=O)C[C@@H]3O[C@H]1C[C@H](N)[C@H](C)[C@H](C)O1. The molecule has 17 N–H and O–H groups in total. The molecule has 5 saturated heterocycles. The van der Waals surface area contributed by atoms with Gasteiger partial charge in [-0.15, -0.1) is 0 Å². The minimum absolute atomic E-state index is 0.00467. The van der Waals surface area contributed by atoms with E-state index in [0.29, 0.717) is 19.4 Å². The van der Waals surface area contributed by atoms with E-state index in [-0.39, 0.29) is 163 Å². The quantitative estimate of drug-likeness (QED) is 0.0488. The number of nitrogen functional groups attached to an aromatic ring is 2. The van der Waals surface area contributed by atoms with Crippen LogP contribution in [0, 0.1) is 18.1 Å². The Morgan fingerprint density at radius 3 is 1.49 bits per heavy atom. The first-order valence-electron chi connectivity index (χ1n) is 39.8. The highest BCUT2D eigenvalue weighted by molar-refractivity contribution is 6.32. The Balaban J connectivity index is 0.000000142. The molecule has 4 aromatic heterocycles. The molecule has 8 aromatic rings. The second-order valence-electron chi connectivity index (χ2n) is 31.8. The van der Waals surface area contributed by atoms with E-state index in [1.165, 1.54) is 94.4 Å². The summed E-state index contributed by atoms with van der Waals surface area (Å²) in [5.41, 5.74) is 12.3. The van der Waals surface area contributed by atoms with E-state index in [1.54, 1.807) is 13.1 Å². The number of nitrogens with zero attached hydrogens (tertiary/aromatic N) is 8. The van der Waals surface area contributed by atoms with Crippen LogP contribution >= 0.6 is 0 Å². The van der Waals surface area contributed by atoms with Gasteiger partial charge in [-0.1, -0.05) is 31.2 Å². The number of carbonyl (C=O) groups is 6. The maximum Gasteiger partial charge on any atom is 0.312 e. The number of methoxy groups -OCH3 is 4. The van der Waals surface area contributed by atoms with E-state index >= 15 is 0 Å². The first kappa shape index (κ1) is 89.8. The molecule has 40 nitrogen and oxygen atoms in total. The molecule has 0 unspecified atom stereocenters. The van der Waals surface area contributed by atoms with Crippen LogP contribution in [0.4, 0.5) is 20.4 Å². The normalized spacial score (nSPS) is 30.4. The molecule has 0 amide bonds. The van der Waals surface area contributed by atoms with E-state index in [4.69, 9.17) is 74.0 Å². The minimum Gasteiger partial charge on any atom is -0.507 e. The molecule has 17 rings (SSSR count). The average Bonchev–Trinajstić information content (AvgIpc) is 0.991. The molecule has 0 bridgehead atoms. The number of ketones is 6. The number of carbonyl (C=O) groups excluding carboxylic acids is 6. The number of anilines is 2. The number of ether oxygens (including phenoxy) is 12. The number of aliphatic hydroxyl groups is 6. The fourth-order valence-corrected chi connectivity index (χ4v) is 17.4. The number of aromatic nitrogens is 8. The summed E-state index contributed by atoms with van der Waals surface area (Å²) < 4.78 is 97.2. The van der Waals surface area contributed by atoms with Crippen molar-refractivity contribution in [2.45, 2.75) is 214 Å². The number of nitrogens with one attached hydrogen (secondary N) is 1. The van der Waals surface area contributed by atoms with Crippen LogP contribution in [0.2, 0.25) is 0 Å². The zero-order chi connectivity index (χ0) is 89.5. The molecule has 9 aliphatic rings. The molecule has 4 aliphatic carbocycles. The number of aliphatic hydroxyl groups excluding tert-OH is 4. The molecule has 42 heteroatoms. The highest BCUT2D eigenvalue weighted by Crippen LogP contribution is 2.56. The Morgan fingerprint density at radius 2 is 1.06 bits per heavy atom. The van der Waals surface area contributed by atoms with Gasteiger partial charge in [0.05, 0.1) is 91.3 Å². The van der Waals surface area contributed by atoms with Gasteiger partial charge in [0.15, 0.2) is 94.7 Å². The number of nitrogens with two attached hydrogens (primary N) is 3. The van der Waals surface area contributed by atoms with Crippen LogP contribution in [-0.2, 0) is 69.8 Å². The largest absolute Gasteiger partial charge is 0.507 e. The van der Waals surface area contributed by atoms with E-state index in [0.717, 1.165) is 19.3 Å². The van der Waals surface area contributed by atoms with Crippen molar-refractivity contribution in [3.05, 3.63) is 128 Å². The maximum absolute atomic E-state index is 13.8.